The van der Waals surface area contributed by atoms with E-state index >= 15 is 0 Å². The van der Waals surface area contributed by atoms with Gasteiger partial charge >= 0.3 is 0 Å². The van der Waals surface area contributed by atoms with E-state index in [9.17, 15) is 0 Å². The van der Waals surface area contributed by atoms with Gasteiger partial charge in [-0.2, -0.15) is 0 Å². The van der Waals surface area contributed by atoms with Crippen LogP contribution in [0.15, 0.2) is 0 Å². The summed E-state index contributed by atoms with van der Waals surface area (Å²) in [6.07, 6.45) is 0. The van der Waals surface area contributed by atoms with Crippen molar-refractivity contribution in [3.8, 4) is 0 Å². The molecule has 0 aliphatic carbocycles. The molecule has 7 heavy (non-hydrogen) atoms. The van der Waals surface area contributed by atoms with Gasteiger partial charge in [-0.3, -0.25) is 0 Å². The standard InChI is InChI=1S/C3H7NO2S/c7-4-1-5-3-6-2-4/h7H,1-3H2. The Balaban J connectivity index is 2.12. The topological polar surface area (TPSA) is 21.7 Å². The highest BCUT2D eigenvalue weighted by molar-refractivity contribution is 7.77. The zero-order valence-corrected chi connectivity index (χ0v) is 4.73. The summed E-state index contributed by atoms with van der Waals surface area (Å²) in [5.74, 6) is 0. The average Bonchev–Trinajstić information content (AvgIpc) is 1.69. The van der Waals surface area contributed by atoms with E-state index in [2.05, 4.69) is 12.8 Å². The molecule has 1 aliphatic heterocycles. The molecule has 4 heteroatoms. The SMILES string of the molecule is SN1COCOC1. The largest absolute Gasteiger partial charge is 0.339 e. The number of nitrogens with zero attached hydrogens (tertiary/aromatic N) is 1. The Labute approximate surface area is 47.7 Å². The second-order valence-electron chi connectivity index (χ2n) is 1.29. The number of ether oxygens (including phenoxy) is 2. The number of rotatable bonds is 0. The van der Waals surface area contributed by atoms with Crippen molar-refractivity contribution in [3.05, 3.63) is 0 Å². The fourth-order valence-electron chi connectivity index (χ4n) is 0.381. The molecule has 42 valence electrons. The lowest BCUT2D eigenvalue weighted by atomic mass is 11.0. The Morgan fingerprint density at radius 2 is 1.86 bits per heavy atom. The maximum absolute atomic E-state index is 4.81. The lowest BCUT2D eigenvalue weighted by Gasteiger charge is -2.20. The van der Waals surface area contributed by atoms with E-state index in [1.807, 2.05) is 0 Å². The molecular weight excluding hydrogens is 114 g/mol. The van der Waals surface area contributed by atoms with E-state index < -0.39 is 0 Å². The van der Waals surface area contributed by atoms with Crippen LogP contribution in [-0.4, -0.2) is 24.6 Å². The highest BCUT2D eigenvalue weighted by Gasteiger charge is 2.03. The summed E-state index contributed by atoms with van der Waals surface area (Å²) in [5.41, 5.74) is 0. The minimum absolute atomic E-state index is 0.400. The first-order valence-electron chi connectivity index (χ1n) is 1.99. The monoisotopic (exact) mass is 121 g/mol. The second kappa shape index (κ2) is 2.52. The minimum atomic E-state index is 0.400. The summed E-state index contributed by atoms with van der Waals surface area (Å²) in [6, 6.07) is 0. The van der Waals surface area contributed by atoms with Crippen molar-refractivity contribution >= 4 is 12.8 Å². The highest BCUT2D eigenvalue weighted by atomic mass is 32.1. The first-order chi connectivity index (χ1) is 3.39. The predicted molar refractivity (Wildman–Crippen MR) is 27.6 cm³/mol. The van der Waals surface area contributed by atoms with Crippen molar-refractivity contribution in [1.29, 1.82) is 0 Å². The van der Waals surface area contributed by atoms with Gasteiger partial charge < -0.3 is 9.47 Å². The van der Waals surface area contributed by atoms with Crippen LogP contribution in [0, 0.1) is 0 Å². The number of hydrogen-bond donors (Lipinski definition) is 1. The van der Waals surface area contributed by atoms with Crippen LogP contribution in [0.5, 0.6) is 0 Å². The van der Waals surface area contributed by atoms with Crippen molar-refractivity contribution < 1.29 is 9.47 Å². The van der Waals surface area contributed by atoms with Crippen molar-refractivity contribution in [1.82, 2.24) is 4.31 Å². The lowest BCUT2D eigenvalue weighted by Crippen LogP contribution is -2.26. The molecule has 0 saturated carbocycles. The molecule has 1 heterocycles. The van der Waals surface area contributed by atoms with Crippen LogP contribution in [-0.2, 0) is 9.47 Å². The molecule has 0 amide bonds. The zero-order chi connectivity index (χ0) is 5.11. The first-order valence-corrected chi connectivity index (χ1v) is 2.39. The maximum Gasteiger partial charge on any atom is 0.150 e. The molecule has 0 spiro atoms. The third-order valence-electron chi connectivity index (χ3n) is 0.647. The Morgan fingerprint density at radius 1 is 1.29 bits per heavy atom. The van der Waals surface area contributed by atoms with Crippen LogP contribution < -0.4 is 0 Å². The van der Waals surface area contributed by atoms with E-state index in [4.69, 9.17) is 9.47 Å². The molecule has 0 bridgehead atoms. The summed E-state index contributed by atoms with van der Waals surface area (Å²) in [7, 11) is 0. The normalized spacial score (nSPS) is 25.3. The van der Waals surface area contributed by atoms with Crippen molar-refractivity contribution in [2.45, 2.75) is 0 Å². The number of hydrogen-bond acceptors (Lipinski definition) is 4. The zero-order valence-electron chi connectivity index (χ0n) is 3.83. The van der Waals surface area contributed by atoms with Gasteiger partial charge in [0.1, 0.15) is 20.3 Å². The van der Waals surface area contributed by atoms with Crippen molar-refractivity contribution in [2.24, 2.45) is 0 Å². The van der Waals surface area contributed by atoms with Crippen LogP contribution in [0.1, 0.15) is 0 Å². The molecule has 0 aromatic heterocycles. The minimum Gasteiger partial charge on any atom is -0.339 e. The van der Waals surface area contributed by atoms with E-state index in [1.54, 1.807) is 4.31 Å². The molecule has 1 rings (SSSR count). The Morgan fingerprint density at radius 3 is 2.14 bits per heavy atom. The summed E-state index contributed by atoms with van der Waals surface area (Å²) >= 11 is 3.94. The third kappa shape index (κ3) is 1.65. The quantitative estimate of drug-likeness (QED) is 0.458. The van der Waals surface area contributed by atoms with E-state index in [-0.39, 0.29) is 0 Å². The van der Waals surface area contributed by atoms with Crippen molar-refractivity contribution in [3.63, 3.8) is 0 Å². The molecule has 3 nitrogen and oxygen atoms in total. The molecule has 0 atom stereocenters. The molecule has 1 aliphatic rings. The maximum atomic E-state index is 4.81. The van der Waals surface area contributed by atoms with Crippen molar-refractivity contribution in [2.75, 3.05) is 20.3 Å². The predicted octanol–water partition coefficient (Wildman–Crippen LogP) is 0.0525. The Bertz CT molecular complexity index is 54.9. The van der Waals surface area contributed by atoms with Gasteiger partial charge in [0, 0.05) is 0 Å². The molecule has 0 aromatic rings. The summed E-state index contributed by atoms with van der Waals surface area (Å²) in [5, 5.41) is 0. The van der Waals surface area contributed by atoms with E-state index in [0.29, 0.717) is 20.3 Å². The molecule has 0 radical (unpaired) electrons. The Hall–Kier alpha value is 0.230. The molecule has 1 fully saturated rings. The van der Waals surface area contributed by atoms with Gasteiger partial charge in [-0.05, 0) is 0 Å². The van der Waals surface area contributed by atoms with Crippen LogP contribution in [0.3, 0.4) is 0 Å². The van der Waals surface area contributed by atoms with E-state index in [0.717, 1.165) is 0 Å². The van der Waals surface area contributed by atoms with Crippen LogP contribution in [0.2, 0.25) is 0 Å². The van der Waals surface area contributed by atoms with E-state index in [1.165, 1.54) is 0 Å². The Kier molecular flexibility index (Phi) is 1.93. The summed E-state index contributed by atoms with van der Waals surface area (Å²) in [6.45, 7) is 1.52. The molecular formula is C3H7NO2S. The smallest absolute Gasteiger partial charge is 0.150 e. The summed E-state index contributed by atoms with van der Waals surface area (Å²) in [4.78, 5) is 0. The fraction of sp³-hybridized carbons (Fsp3) is 1.00. The highest BCUT2D eigenvalue weighted by Crippen LogP contribution is 1.98. The van der Waals surface area contributed by atoms with Crippen LogP contribution in [0.4, 0.5) is 0 Å². The third-order valence-corrected chi connectivity index (χ3v) is 0.878. The second-order valence-corrected chi connectivity index (χ2v) is 1.86. The van der Waals surface area contributed by atoms with Gasteiger partial charge in [-0.25, -0.2) is 4.31 Å². The lowest BCUT2D eigenvalue weighted by molar-refractivity contribution is -0.150. The first kappa shape index (κ1) is 5.37. The average molecular weight is 121 g/mol. The molecule has 0 N–H and O–H groups in total. The molecule has 0 unspecified atom stereocenters. The fourth-order valence-corrected chi connectivity index (χ4v) is 0.545. The number of thiol groups is 1. The van der Waals surface area contributed by atoms with Gasteiger partial charge in [0.05, 0.1) is 0 Å². The van der Waals surface area contributed by atoms with Gasteiger partial charge in [0.15, 0.2) is 0 Å². The van der Waals surface area contributed by atoms with Gasteiger partial charge in [-0.1, -0.05) is 12.8 Å². The molecule has 0 aromatic carbocycles. The van der Waals surface area contributed by atoms with Crippen LogP contribution in [0.25, 0.3) is 0 Å². The van der Waals surface area contributed by atoms with Crippen LogP contribution >= 0.6 is 12.8 Å². The van der Waals surface area contributed by atoms with Gasteiger partial charge in [-0.15, -0.1) is 0 Å². The molecule has 1 saturated heterocycles. The van der Waals surface area contributed by atoms with Gasteiger partial charge in [0.25, 0.3) is 0 Å². The summed E-state index contributed by atoms with van der Waals surface area (Å²) < 4.78 is 11.3. The van der Waals surface area contributed by atoms with Gasteiger partial charge in [0.2, 0.25) is 0 Å².